The molecule has 1 aliphatic heterocycles. The van der Waals surface area contributed by atoms with Crippen molar-refractivity contribution in [2.75, 3.05) is 19.6 Å². The van der Waals surface area contributed by atoms with E-state index in [-0.39, 0.29) is 5.56 Å². The maximum Gasteiger partial charge on any atom is 0.387 e. The smallest absolute Gasteiger partial charge is 0.387 e. The van der Waals surface area contributed by atoms with Gasteiger partial charge in [-0.15, -0.1) is 0 Å². The van der Waals surface area contributed by atoms with Crippen molar-refractivity contribution in [1.29, 1.82) is 0 Å². The third-order valence-electron chi connectivity index (χ3n) is 3.40. The number of nitrogens with one attached hydrogen (secondary N) is 2. The summed E-state index contributed by atoms with van der Waals surface area (Å²) in [7, 11) is 0. The average Bonchev–Trinajstić information content (AvgIpc) is 2.91. The number of carbonyl (C=O) groups excluding carboxylic acids is 1. The number of rotatable bonds is 6. The van der Waals surface area contributed by atoms with Crippen molar-refractivity contribution < 1.29 is 22.7 Å². The Morgan fingerprint density at radius 1 is 1.48 bits per heavy atom. The van der Waals surface area contributed by atoms with E-state index in [1.165, 1.54) is 0 Å². The maximum atomic E-state index is 13.1. The molecule has 1 amide bonds. The van der Waals surface area contributed by atoms with Crippen LogP contribution in [0.4, 0.5) is 13.2 Å². The lowest BCUT2D eigenvalue weighted by atomic mass is 10.1. The highest BCUT2D eigenvalue weighted by molar-refractivity contribution is 5.96. The SMILES string of the molecule is O=C(NCCC1CCNC1)c1ccc(F)cc1OC(F)F. The van der Waals surface area contributed by atoms with Crippen molar-refractivity contribution in [3.05, 3.63) is 29.6 Å². The van der Waals surface area contributed by atoms with E-state index < -0.39 is 24.1 Å². The number of amides is 1. The minimum Gasteiger partial charge on any atom is -0.434 e. The lowest BCUT2D eigenvalue weighted by Crippen LogP contribution is -2.27. The number of alkyl halides is 2. The first-order valence-electron chi connectivity index (χ1n) is 6.79. The quantitative estimate of drug-likeness (QED) is 0.846. The monoisotopic (exact) mass is 302 g/mol. The van der Waals surface area contributed by atoms with Crippen LogP contribution in [0.3, 0.4) is 0 Å². The molecule has 4 nitrogen and oxygen atoms in total. The summed E-state index contributed by atoms with van der Waals surface area (Å²) in [6.45, 7) is -0.769. The lowest BCUT2D eigenvalue weighted by Gasteiger charge is -2.12. The molecule has 1 unspecified atom stereocenters. The van der Waals surface area contributed by atoms with E-state index in [4.69, 9.17) is 0 Å². The van der Waals surface area contributed by atoms with Gasteiger partial charge in [0.2, 0.25) is 0 Å². The number of hydrogen-bond donors (Lipinski definition) is 2. The summed E-state index contributed by atoms with van der Waals surface area (Å²) in [5.41, 5.74) is -0.0961. The van der Waals surface area contributed by atoms with Gasteiger partial charge in [0, 0.05) is 12.6 Å². The van der Waals surface area contributed by atoms with Crippen LogP contribution in [0.15, 0.2) is 18.2 Å². The largest absolute Gasteiger partial charge is 0.434 e. The highest BCUT2D eigenvalue weighted by atomic mass is 19.3. The van der Waals surface area contributed by atoms with Crippen LogP contribution in [-0.4, -0.2) is 32.2 Å². The van der Waals surface area contributed by atoms with Crippen LogP contribution in [0.5, 0.6) is 5.75 Å². The van der Waals surface area contributed by atoms with Gasteiger partial charge < -0.3 is 15.4 Å². The second-order valence-corrected chi connectivity index (χ2v) is 4.92. The van der Waals surface area contributed by atoms with Gasteiger partial charge in [-0.3, -0.25) is 4.79 Å². The minimum absolute atomic E-state index is 0.0961. The van der Waals surface area contributed by atoms with Crippen LogP contribution in [0.1, 0.15) is 23.2 Å². The van der Waals surface area contributed by atoms with Gasteiger partial charge in [0.05, 0.1) is 5.56 Å². The van der Waals surface area contributed by atoms with Crippen molar-refractivity contribution in [2.24, 2.45) is 5.92 Å². The summed E-state index contributed by atoms with van der Waals surface area (Å²) in [6, 6.07) is 2.95. The molecule has 116 valence electrons. The summed E-state index contributed by atoms with van der Waals surface area (Å²) in [5, 5.41) is 5.87. The Hall–Kier alpha value is -1.76. The van der Waals surface area contributed by atoms with E-state index in [0.717, 1.165) is 44.1 Å². The molecule has 0 radical (unpaired) electrons. The van der Waals surface area contributed by atoms with Crippen LogP contribution in [0.25, 0.3) is 0 Å². The molecule has 0 aromatic heterocycles. The molecule has 0 bridgehead atoms. The van der Waals surface area contributed by atoms with Crippen molar-refractivity contribution in [3.63, 3.8) is 0 Å². The Labute approximate surface area is 120 Å². The van der Waals surface area contributed by atoms with Gasteiger partial charge in [0.1, 0.15) is 11.6 Å². The van der Waals surface area contributed by atoms with E-state index >= 15 is 0 Å². The Morgan fingerprint density at radius 3 is 2.95 bits per heavy atom. The molecule has 1 fully saturated rings. The Bertz CT molecular complexity index is 491. The molecule has 0 aliphatic carbocycles. The van der Waals surface area contributed by atoms with Gasteiger partial charge in [0.25, 0.3) is 5.91 Å². The number of halogens is 3. The van der Waals surface area contributed by atoms with E-state index in [9.17, 15) is 18.0 Å². The van der Waals surface area contributed by atoms with Gasteiger partial charge in [-0.05, 0) is 44.0 Å². The summed E-state index contributed by atoms with van der Waals surface area (Å²) in [5.74, 6) is -1.23. The predicted octanol–water partition coefficient (Wildman–Crippen LogP) is 2.16. The molecule has 0 spiro atoms. The van der Waals surface area contributed by atoms with Crippen LogP contribution in [-0.2, 0) is 0 Å². The van der Waals surface area contributed by atoms with Crippen LogP contribution in [0, 0.1) is 11.7 Å². The average molecular weight is 302 g/mol. The van der Waals surface area contributed by atoms with Crippen molar-refractivity contribution in [2.45, 2.75) is 19.5 Å². The zero-order valence-electron chi connectivity index (χ0n) is 11.4. The van der Waals surface area contributed by atoms with E-state index in [1.54, 1.807) is 0 Å². The molecule has 1 aromatic rings. The number of benzene rings is 1. The Balaban J connectivity index is 1.94. The summed E-state index contributed by atoms with van der Waals surface area (Å²) in [6.07, 6.45) is 1.87. The molecule has 2 rings (SSSR count). The number of carbonyl (C=O) groups is 1. The van der Waals surface area contributed by atoms with E-state index in [0.29, 0.717) is 12.5 Å². The first kappa shape index (κ1) is 15.6. The molecule has 1 atom stereocenters. The second-order valence-electron chi connectivity index (χ2n) is 4.92. The molecule has 1 aliphatic rings. The van der Waals surface area contributed by atoms with Gasteiger partial charge >= 0.3 is 6.61 Å². The fourth-order valence-electron chi connectivity index (χ4n) is 2.32. The zero-order chi connectivity index (χ0) is 15.2. The normalized spacial score (nSPS) is 18.0. The summed E-state index contributed by atoms with van der Waals surface area (Å²) in [4.78, 5) is 12.0. The second kappa shape index (κ2) is 7.31. The standard InChI is InChI=1S/C14H17F3N2O2/c15-10-1-2-11(12(7-10)21-14(16)17)13(20)19-6-4-9-3-5-18-8-9/h1-2,7,9,14,18H,3-6,8H2,(H,19,20). The number of hydrogen-bond acceptors (Lipinski definition) is 3. The molecule has 21 heavy (non-hydrogen) atoms. The van der Waals surface area contributed by atoms with Gasteiger partial charge in [0.15, 0.2) is 0 Å². The Morgan fingerprint density at radius 2 is 2.29 bits per heavy atom. The van der Waals surface area contributed by atoms with Gasteiger partial charge in [-0.25, -0.2) is 4.39 Å². The van der Waals surface area contributed by atoms with Crippen LogP contribution < -0.4 is 15.4 Å². The first-order valence-corrected chi connectivity index (χ1v) is 6.79. The van der Waals surface area contributed by atoms with Gasteiger partial charge in [-0.2, -0.15) is 8.78 Å². The third-order valence-corrected chi connectivity index (χ3v) is 3.40. The summed E-state index contributed by atoms with van der Waals surface area (Å²) >= 11 is 0. The van der Waals surface area contributed by atoms with Crippen LogP contribution >= 0.6 is 0 Å². The van der Waals surface area contributed by atoms with Crippen molar-refractivity contribution in [1.82, 2.24) is 10.6 Å². The molecule has 0 saturated carbocycles. The molecular formula is C14H17F3N2O2. The minimum atomic E-state index is -3.11. The van der Waals surface area contributed by atoms with Crippen LogP contribution in [0.2, 0.25) is 0 Å². The highest BCUT2D eigenvalue weighted by Gasteiger charge is 2.18. The molecule has 7 heteroatoms. The van der Waals surface area contributed by atoms with Crippen molar-refractivity contribution >= 4 is 5.91 Å². The number of ether oxygens (including phenoxy) is 1. The van der Waals surface area contributed by atoms with Crippen molar-refractivity contribution in [3.8, 4) is 5.75 Å². The lowest BCUT2D eigenvalue weighted by molar-refractivity contribution is -0.0503. The third kappa shape index (κ3) is 4.63. The fraction of sp³-hybridized carbons (Fsp3) is 0.500. The molecule has 2 N–H and O–H groups in total. The van der Waals surface area contributed by atoms with Gasteiger partial charge in [-0.1, -0.05) is 0 Å². The maximum absolute atomic E-state index is 13.1. The molecule has 1 saturated heterocycles. The zero-order valence-corrected chi connectivity index (χ0v) is 11.4. The van der Waals surface area contributed by atoms with E-state index in [2.05, 4.69) is 15.4 Å². The fourth-order valence-corrected chi connectivity index (χ4v) is 2.32. The Kier molecular flexibility index (Phi) is 5.44. The highest BCUT2D eigenvalue weighted by Crippen LogP contribution is 2.22. The molecular weight excluding hydrogens is 285 g/mol. The molecule has 1 heterocycles. The summed E-state index contributed by atoms with van der Waals surface area (Å²) < 4.78 is 41.8. The first-order chi connectivity index (χ1) is 10.1. The molecule has 1 aromatic carbocycles. The predicted molar refractivity (Wildman–Crippen MR) is 71.0 cm³/mol. The van der Waals surface area contributed by atoms with E-state index in [1.807, 2.05) is 0 Å². The topological polar surface area (TPSA) is 50.4 Å².